The molecule has 0 spiro atoms. The van der Waals surface area contributed by atoms with Crippen LogP contribution in [0.4, 0.5) is 0 Å². The number of hydrogen-bond acceptors (Lipinski definition) is 3. The molecule has 1 atom stereocenters. The van der Waals surface area contributed by atoms with Crippen molar-refractivity contribution in [2.75, 3.05) is 0 Å². The topological polar surface area (TPSA) is 55.4 Å². The highest BCUT2D eigenvalue weighted by molar-refractivity contribution is 9.10. The van der Waals surface area contributed by atoms with E-state index >= 15 is 0 Å². The first kappa shape index (κ1) is 13.0. The van der Waals surface area contributed by atoms with Gasteiger partial charge in [0.25, 0.3) is 5.91 Å². The predicted molar refractivity (Wildman–Crippen MR) is 78.5 cm³/mol. The molecule has 0 aliphatic rings. The molecule has 0 aliphatic heterocycles. The number of amides is 1. The van der Waals surface area contributed by atoms with E-state index in [4.69, 9.17) is 8.83 Å². The highest BCUT2D eigenvalue weighted by Crippen LogP contribution is 2.24. The van der Waals surface area contributed by atoms with Gasteiger partial charge in [0.15, 0.2) is 10.4 Å². The van der Waals surface area contributed by atoms with E-state index in [0.717, 1.165) is 11.0 Å². The van der Waals surface area contributed by atoms with Crippen LogP contribution in [-0.2, 0) is 0 Å². The van der Waals surface area contributed by atoms with E-state index in [-0.39, 0.29) is 17.7 Å². The molecule has 1 amide bonds. The Bertz CT molecular complexity index is 726. The third-order valence-corrected chi connectivity index (χ3v) is 3.44. The maximum atomic E-state index is 12.0. The van der Waals surface area contributed by atoms with Gasteiger partial charge in [0, 0.05) is 5.39 Å². The Labute approximate surface area is 123 Å². The molecule has 3 aromatic rings. The molecule has 0 aliphatic carbocycles. The first-order chi connectivity index (χ1) is 9.63. The van der Waals surface area contributed by atoms with Gasteiger partial charge in [0.05, 0.1) is 6.04 Å². The second-order valence-electron chi connectivity index (χ2n) is 4.49. The Hall–Kier alpha value is -2.01. The summed E-state index contributed by atoms with van der Waals surface area (Å²) in [5, 5.41) is 3.86. The highest BCUT2D eigenvalue weighted by Gasteiger charge is 2.17. The van der Waals surface area contributed by atoms with E-state index in [1.165, 1.54) is 0 Å². The van der Waals surface area contributed by atoms with Gasteiger partial charge in [-0.2, -0.15) is 0 Å². The van der Waals surface area contributed by atoms with Gasteiger partial charge in [-0.25, -0.2) is 0 Å². The molecular weight excluding hydrogens is 322 g/mol. The van der Waals surface area contributed by atoms with Crippen LogP contribution in [0.25, 0.3) is 11.0 Å². The van der Waals surface area contributed by atoms with Crippen molar-refractivity contribution >= 4 is 32.8 Å². The molecule has 1 aromatic carbocycles. The van der Waals surface area contributed by atoms with Crippen molar-refractivity contribution in [1.82, 2.24) is 5.32 Å². The highest BCUT2D eigenvalue weighted by atomic mass is 79.9. The van der Waals surface area contributed by atoms with Gasteiger partial charge >= 0.3 is 0 Å². The minimum atomic E-state index is -0.274. The number of fused-ring (bicyclic) bond motifs is 1. The molecule has 5 heteroatoms. The van der Waals surface area contributed by atoms with Crippen LogP contribution in [0.3, 0.4) is 0 Å². The summed E-state index contributed by atoms with van der Waals surface area (Å²) in [7, 11) is 0. The number of halogens is 1. The first-order valence-corrected chi connectivity index (χ1v) is 6.97. The van der Waals surface area contributed by atoms with Crippen LogP contribution >= 0.6 is 15.9 Å². The van der Waals surface area contributed by atoms with E-state index in [9.17, 15) is 4.79 Å². The Balaban J connectivity index is 1.78. The summed E-state index contributed by atoms with van der Waals surface area (Å²) in [6, 6.07) is 12.7. The lowest BCUT2D eigenvalue weighted by molar-refractivity contribution is 0.0906. The molecule has 20 heavy (non-hydrogen) atoms. The van der Waals surface area contributed by atoms with E-state index in [0.29, 0.717) is 10.4 Å². The zero-order chi connectivity index (χ0) is 14.1. The number of carbonyl (C=O) groups excluding carboxylic acids is 1. The zero-order valence-corrected chi connectivity index (χ0v) is 12.3. The van der Waals surface area contributed by atoms with Gasteiger partial charge in [-0.1, -0.05) is 18.2 Å². The van der Waals surface area contributed by atoms with Crippen LogP contribution in [0.2, 0.25) is 0 Å². The maximum absolute atomic E-state index is 12.0. The number of nitrogens with one attached hydrogen (secondary N) is 1. The molecule has 0 bridgehead atoms. The summed E-state index contributed by atoms with van der Waals surface area (Å²) in [6.07, 6.45) is 0. The minimum absolute atomic E-state index is 0.237. The number of para-hydroxylation sites is 1. The van der Waals surface area contributed by atoms with Crippen molar-refractivity contribution in [3.63, 3.8) is 0 Å². The summed E-state index contributed by atoms with van der Waals surface area (Å²) >= 11 is 3.17. The van der Waals surface area contributed by atoms with Crippen LogP contribution in [-0.4, -0.2) is 5.91 Å². The molecule has 2 aromatic heterocycles. The number of furan rings is 2. The molecule has 102 valence electrons. The van der Waals surface area contributed by atoms with Crippen molar-refractivity contribution in [1.29, 1.82) is 0 Å². The Morgan fingerprint density at radius 3 is 2.70 bits per heavy atom. The number of hydrogen-bond donors (Lipinski definition) is 1. The lowest BCUT2D eigenvalue weighted by Crippen LogP contribution is -2.25. The average molecular weight is 334 g/mol. The molecular formula is C15H12BrNO3. The van der Waals surface area contributed by atoms with Crippen molar-refractivity contribution in [3.8, 4) is 0 Å². The minimum Gasteiger partial charge on any atom is -0.459 e. The second kappa shape index (κ2) is 5.17. The number of benzene rings is 1. The van der Waals surface area contributed by atoms with Gasteiger partial charge in [-0.15, -0.1) is 0 Å². The fourth-order valence-corrected chi connectivity index (χ4v) is 2.30. The molecule has 4 nitrogen and oxygen atoms in total. The normalized spacial score (nSPS) is 12.5. The third-order valence-electron chi connectivity index (χ3n) is 3.02. The third kappa shape index (κ3) is 2.49. The smallest absolute Gasteiger partial charge is 0.287 e. The molecule has 1 unspecified atom stereocenters. The lowest BCUT2D eigenvalue weighted by atomic mass is 10.2. The fourth-order valence-electron chi connectivity index (χ4n) is 1.99. The lowest BCUT2D eigenvalue weighted by Gasteiger charge is -2.09. The average Bonchev–Trinajstić information content (AvgIpc) is 3.04. The summed E-state index contributed by atoms with van der Waals surface area (Å²) in [5.74, 6) is 0.702. The Morgan fingerprint density at radius 1 is 1.20 bits per heavy atom. The molecule has 0 radical (unpaired) electrons. The summed E-state index contributed by atoms with van der Waals surface area (Å²) in [5.41, 5.74) is 0.810. The summed E-state index contributed by atoms with van der Waals surface area (Å²) < 4.78 is 11.5. The van der Waals surface area contributed by atoms with E-state index in [2.05, 4.69) is 21.2 Å². The van der Waals surface area contributed by atoms with Crippen LogP contribution in [0.15, 0.2) is 56.0 Å². The summed E-state index contributed by atoms with van der Waals surface area (Å²) in [6.45, 7) is 1.87. The van der Waals surface area contributed by atoms with E-state index < -0.39 is 0 Å². The number of carbonyl (C=O) groups is 1. The molecule has 1 N–H and O–H groups in total. The van der Waals surface area contributed by atoms with Crippen LogP contribution in [0.5, 0.6) is 0 Å². The van der Waals surface area contributed by atoms with Crippen LogP contribution in [0, 0.1) is 0 Å². The van der Waals surface area contributed by atoms with Crippen LogP contribution < -0.4 is 5.32 Å². The standard InChI is InChI=1S/C15H12BrNO3/c1-9(17-15(18)12-6-7-14(16)20-12)13-8-10-4-2-3-5-11(10)19-13/h2-9H,1H3,(H,17,18). The molecule has 0 saturated heterocycles. The van der Waals surface area contributed by atoms with E-state index in [1.54, 1.807) is 12.1 Å². The van der Waals surface area contributed by atoms with Gasteiger partial charge in [0.2, 0.25) is 0 Å². The molecule has 0 saturated carbocycles. The van der Waals surface area contributed by atoms with Gasteiger partial charge < -0.3 is 14.2 Å². The summed E-state index contributed by atoms with van der Waals surface area (Å²) in [4.78, 5) is 12.0. The fraction of sp³-hybridized carbons (Fsp3) is 0.133. The van der Waals surface area contributed by atoms with Crippen molar-refractivity contribution in [2.45, 2.75) is 13.0 Å². The zero-order valence-electron chi connectivity index (χ0n) is 10.7. The van der Waals surface area contributed by atoms with Gasteiger partial charge in [-0.05, 0) is 47.1 Å². The predicted octanol–water partition coefficient (Wildman–Crippen LogP) is 4.28. The Kier molecular flexibility index (Phi) is 3.36. The largest absolute Gasteiger partial charge is 0.459 e. The first-order valence-electron chi connectivity index (χ1n) is 6.18. The SMILES string of the molecule is CC(NC(=O)c1ccc(Br)o1)c1cc2ccccc2o1. The Morgan fingerprint density at radius 2 is 2.00 bits per heavy atom. The van der Waals surface area contributed by atoms with Crippen LogP contribution in [0.1, 0.15) is 29.3 Å². The van der Waals surface area contributed by atoms with Gasteiger partial charge in [-0.3, -0.25) is 4.79 Å². The maximum Gasteiger partial charge on any atom is 0.287 e. The van der Waals surface area contributed by atoms with Crippen molar-refractivity contribution in [2.24, 2.45) is 0 Å². The molecule has 3 rings (SSSR count). The molecule has 0 fully saturated rings. The molecule has 2 heterocycles. The van der Waals surface area contributed by atoms with Gasteiger partial charge in [0.1, 0.15) is 11.3 Å². The second-order valence-corrected chi connectivity index (χ2v) is 5.27. The number of rotatable bonds is 3. The van der Waals surface area contributed by atoms with Crippen molar-refractivity contribution in [3.05, 3.63) is 58.7 Å². The van der Waals surface area contributed by atoms with E-state index in [1.807, 2.05) is 37.3 Å². The monoisotopic (exact) mass is 333 g/mol. The van der Waals surface area contributed by atoms with Crippen molar-refractivity contribution < 1.29 is 13.6 Å². The quantitative estimate of drug-likeness (QED) is 0.778.